The van der Waals surface area contributed by atoms with Crippen molar-refractivity contribution in [1.29, 1.82) is 0 Å². The highest BCUT2D eigenvalue weighted by Crippen LogP contribution is 2.25. The number of hydrogen-bond donors (Lipinski definition) is 1. The van der Waals surface area contributed by atoms with Crippen molar-refractivity contribution >= 4 is 44.5 Å². The number of rotatable bonds is 4. The van der Waals surface area contributed by atoms with Crippen LogP contribution in [0.15, 0.2) is 22.7 Å². The average Bonchev–Trinajstić information content (AvgIpc) is 2.74. The van der Waals surface area contributed by atoms with Crippen LogP contribution in [0.4, 0.5) is 0 Å². The molecular formula is C13H15BrClN3O. The fourth-order valence-electron chi connectivity index (χ4n) is 2.14. The highest BCUT2D eigenvalue weighted by atomic mass is 79.9. The minimum atomic E-state index is -0.317. The quantitative estimate of drug-likeness (QED) is 0.867. The summed E-state index contributed by atoms with van der Waals surface area (Å²) < 4.78 is 2.91. The number of aromatic nitrogens is 2. The Kier molecular flexibility index (Phi) is 4.47. The molecule has 0 radical (unpaired) electrons. The van der Waals surface area contributed by atoms with Gasteiger partial charge in [0.15, 0.2) is 0 Å². The number of aryl methyl sites for hydroxylation is 1. The van der Waals surface area contributed by atoms with Crippen LogP contribution in [0.1, 0.15) is 18.8 Å². The maximum absolute atomic E-state index is 11.9. The van der Waals surface area contributed by atoms with Crippen LogP contribution in [-0.2, 0) is 11.2 Å². The third kappa shape index (κ3) is 2.77. The molecule has 0 bridgehead atoms. The van der Waals surface area contributed by atoms with Gasteiger partial charge in [0, 0.05) is 23.8 Å². The number of likely N-dealkylation sites (N-methyl/N-ethyl adjacent to an activating group) is 1. The Morgan fingerprint density at radius 2 is 2.32 bits per heavy atom. The van der Waals surface area contributed by atoms with E-state index < -0.39 is 0 Å². The third-order valence-electron chi connectivity index (χ3n) is 3.06. The fourth-order valence-corrected chi connectivity index (χ4v) is 2.65. The fraction of sp³-hybridized carbons (Fsp3) is 0.385. The Hall–Kier alpha value is -1.07. The second-order valence-corrected chi connectivity index (χ2v) is 5.55. The molecule has 102 valence electrons. The van der Waals surface area contributed by atoms with E-state index in [1.165, 1.54) is 0 Å². The lowest BCUT2D eigenvalue weighted by molar-refractivity contribution is -0.123. The van der Waals surface area contributed by atoms with Crippen molar-refractivity contribution in [3.05, 3.63) is 28.5 Å². The molecule has 0 fully saturated rings. The number of halogens is 2. The van der Waals surface area contributed by atoms with Crippen molar-refractivity contribution in [1.82, 2.24) is 14.9 Å². The highest BCUT2D eigenvalue weighted by molar-refractivity contribution is 9.10. The zero-order valence-electron chi connectivity index (χ0n) is 10.8. The zero-order valence-corrected chi connectivity index (χ0v) is 13.1. The van der Waals surface area contributed by atoms with E-state index >= 15 is 0 Å². The van der Waals surface area contributed by atoms with Crippen LogP contribution >= 0.6 is 27.5 Å². The first kappa shape index (κ1) is 14.3. The van der Waals surface area contributed by atoms with Crippen LogP contribution in [0.3, 0.4) is 0 Å². The second kappa shape index (κ2) is 5.92. The van der Waals surface area contributed by atoms with Gasteiger partial charge in [-0.2, -0.15) is 0 Å². The summed E-state index contributed by atoms with van der Waals surface area (Å²) in [7, 11) is 1.63. The first-order chi connectivity index (χ1) is 9.08. The van der Waals surface area contributed by atoms with E-state index in [1.54, 1.807) is 7.05 Å². The van der Waals surface area contributed by atoms with Gasteiger partial charge in [0.2, 0.25) is 5.91 Å². The molecule has 0 aliphatic heterocycles. The Bertz CT molecular complexity index is 611. The first-order valence-electron chi connectivity index (χ1n) is 6.02. The number of fused-ring (bicyclic) bond motifs is 1. The molecule has 0 aliphatic carbocycles. The molecule has 1 atom stereocenters. The number of carbonyl (C=O) groups is 1. The number of imidazole rings is 1. The molecule has 1 N–H and O–H groups in total. The predicted molar refractivity (Wildman–Crippen MR) is 80.6 cm³/mol. The number of amides is 1. The lowest BCUT2D eigenvalue weighted by Gasteiger charge is -2.16. The summed E-state index contributed by atoms with van der Waals surface area (Å²) in [5.41, 5.74) is 1.81. The summed E-state index contributed by atoms with van der Waals surface area (Å²) in [6, 6.07) is 5.53. The van der Waals surface area contributed by atoms with Gasteiger partial charge >= 0.3 is 0 Å². The van der Waals surface area contributed by atoms with E-state index in [0.29, 0.717) is 12.3 Å². The van der Waals surface area contributed by atoms with E-state index in [4.69, 9.17) is 11.6 Å². The maximum Gasteiger partial charge on any atom is 0.242 e. The van der Waals surface area contributed by atoms with Crippen molar-refractivity contribution in [2.24, 2.45) is 0 Å². The molecule has 0 saturated heterocycles. The second-order valence-electron chi connectivity index (χ2n) is 4.26. The van der Waals surface area contributed by atoms with Crippen molar-refractivity contribution in [3.8, 4) is 0 Å². The van der Waals surface area contributed by atoms with Gasteiger partial charge in [-0.15, -0.1) is 11.6 Å². The molecule has 1 unspecified atom stereocenters. The summed E-state index contributed by atoms with van der Waals surface area (Å²) in [6.07, 6.45) is 0.634. The van der Waals surface area contributed by atoms with E-state index in [9.17, 15) is 4.79 Å². The molecule has 1 aromatic carbocycles. The zero-order chi connectivity index (χ0) is 14.0. The summed E-state index contributed by atoms with van der Waals surface area (Å²) in [5, 5.41) is 2.67. The Labute approximate surface area is 125 Å². The van der Waals surface area contributed by atoms with Crippen molar-refractivity contribution < 1.29 is 4.79 Å². The summed E-state index contributed by atoms with van der Waals surface area (Å²) in [6.45, 7) is 1.86. The number of nitrogens with zero attached hydrogens (tertiary/aromatic N) is 2. The lowest BCUT2D eigenvalue weighted by atomic mass is 10.2. The first-order valence-corrected chi connectivity index (χ1v) is 7.35. The SMILES string of the molecule is CNC(=O)C(C)n1c(CCCl)nc2ccc(Br)cc21. The molecule has 2 rings (SSSR count). The normalized spacial score (nSPS) is 12.6. The largest absolute Gasteiger partial charge is 0.357 e. The van der Waals surface area contributed by atoms with Crippen LogP contribution in [-0.4, -0.2) is 28.4 Å². The molecule has 2 aromatic rings. The molecule has 0 spiro atoms. The Morgan fingerprint density at radius 1 is 1.58 bits per heavy atom. The van der Waals surface area contributed by atoms with Crippen molar-refractivity contribution in [2.45, 2.75) is 19.4 Å². The van der Waals surface area contributed by atoms with Crippen LogP contribution in [0.25, 0.3) is 11.0 Å². The van der Waals surface area contributed by atoms with Gasteiger partial charge in [-0.05, 0) is 25.1 Å². The smallest absolute Gasteiger partial charge is 0.242 e. The monoisotopic (exact) mass is 343 g/mol. The molecule has 1 amide bonds. The molecule has 0 saturated carbocycles. The van der Waals surface area contributed by atoms with Gasteiger partial charge in [0.25, 0.3) is 0 Å². The summed E-state index contributed by atoms with van der Waals surface area (Å²) in [4.78, 5) is 16.4. The minimum Gasteiger partial charge on any atom is -0.357 e. The van der Waals surface area contributed by atoms with Crippen LogP contribution in [0.5, 0.6) is 0 Å². The van der Waals surface area contributed by atoms with Crippen molar-refractivity contribution in [2.75, 3.05) is 12.9 Å². The summed E-state index contributed by atoms with van der Waals surface area (Å²) in [5.74, 6) is 1.26. The van der Waals surface area contributed by atoms with Crippen LogP contribution < -0.4 is 5.32 Å². The number of nitrogens with one attached hydrogen (secondary N) is 1. The third-order valence-corrected chi connectivity index (χ3v) is 3.74. The Balaban J connectivity index is 2.62. The van der Waals surface area contributed by atoms with Crippen LogP contribution in [0.2, 0.25) is 0 Å². The number of alkyl halides is 1. The van der Waals surface area contributed by atoms with Gasteiger partial charge in [0.05, 0.1) is 11.0 Å². The molecule has 1 aromatic heterocycles. The number of carbonyl (C=O) groups excluding carboxylic acids is 1. The molecule has 19 heavy (non-hydrogen) atoms. The average molecular weight is 345 g/mol. The van der Waals surface area contributed by atoms with E-state index in [0.717, 1.165) is 21.3 Å². The molecular weight excluding hydrogens is 330 g/mol. The standard InChI is InChI=1S/C13H15BrClN3O/c1-8(13(19)16-2)18-11-7-9(14)3-4-10(11)17-12(18)5-6-15/h3-4,7-8H,5-6H2,1-2H3,(H,16,19). The highest BCUT2D eigenvalue weighted by Gasteiger charge is 2.20. The van der Waals surface area contributed by atoms with E-state index in [-0.39, 0.29) is 11.9 Å². The van der Waals surface area contributed by atoms with E-state index in [1.807, 2.05) is 29.7 Å². The molecule has 4 nitrogen and oxygen atoms in total. The lowest BCUT2D eigenvalue weighted by Crippen LogP contribution is -2.28. The topological polar surface area (TPSA) is 46.9 Å². The molecule has 1 heterocycles. The van der Waals surface area contributed by atoms with E-state index in [2.05, 4.69) is 26.2 Å². The van der Waals surface area contributed by atoms with Crippen molar-refractivity contribution in [3.63, 3.8) is 0 Å². The van der Waals surface area contributed by atoms with Gasteiger partial charge < -0.3 is 9.88 Å². The van der Waals surface area contributed by atoms with Gasteiger partial charge in [-0.25, -0.2) is 4.98 Å². The minimum absolute atomic E-state index is 0.0462. The van der Waals surface area contributed by atoms with Crippen LogP contribution in [0, 0.1) is 0 Å². The predicted octanol–water partition coefficient (Wildman–Crippen LogP) is 2.89. The van der Waals surface area contributed by atoms with Gasteiger partial charge in [0.1, 0.15) is 11.9 Å². The summed E-state index contributed by atoms with van der Waals surface area (Å²) >= 11 is 9.27. The number of hydrogen-bond acceptors (Lipinski definition) is 2. The number of benzene rings is 1. The molecule has 6 heteroatoms. The van der Waals surface area contributed by atoms with Gasteiger partial charge in [-0.1, -0.05) is 15.9 Å². The Morgan fingerprint density at radius 3 is 2.95 bits per heavy atom. The maximum atomic E-state index is 11.9. The van der Waals surface area contributed by atoms with Gasteiger partial charge in [-0.3, -0.25) is 4.79 Å². The molecule has 0 aliphatic rings.